The maximum atomic E-state index is 11.4. The van der Waals surface area contributed by atoms with Crippen LogP contribution < -0.4 is 0 Å². The Morgan fingerprint density at radius 2 is 2.33 bits per heavy atom. The van der Waals surface area contributed by atoms with Gasteiger partial charge in [0.15, 0.2) is 0 Å². The fourth-order valence-electron chi connectivity index (χ4n) is 1.64. The Morgan fingerprint density at radius 3 is 2.92 bits per heavy atom. The van der Waals surface area contributed by atoms with Crippen LogP contribution in [0.4, 0.5) is 0 Å². The highest BCUT2D eigenvalue weighted by Crippen LogP contribution is 2.15. The summed E-state index contributed by atoms with van der Waals surface area (Å²) in [6.07, 6.45) is 5.88. The molecule has 0 aromatic rings. The standard InChI is InChI=1S/C10H17NO/c1-3-5-10(12)11-7-4-6-9(2)8-11/h3,5,9H,4,6-8H2,1-2H3/b5-3+/t9-/m1/s1. The number of piperidine rings is 1. The zero-order valence-corrected chi connectivity index (χ0v) is 7.92. The SMILES string of the molecule is C/C=C/C(=O)N1CCC[C@@H](C)C1. The molecule has 0 saturated carbocycles. The molecule has 0 aromatic carbocycles. The Morgan fingerprint density at radius 1 is 1.58 bits per heavy atom. The van der Waals surface area contributed by atoms with Crippen molar-refractivity contribution in [3.63, 3.8) is 0 Å². The molecular weight excluding hydrogens is 150 g/mol. The first kappa shape index (κ1) is 9.30. The summed E-state index contributed by atoms with van der Waals surface area (Å²) in [7, 11) is 0. The van der Waals surface area contributed by atoms with Crippen molar-refractivity contribution >= 4 is 5.91 Å². The summed E-state index contributed by atoms with van der Waals surface area (Å²) in [4.78, 5) is 13.3. The van der Waals surface area contributed by atoms with Gasteiger partial charge in [0.05, 0.1) is 0 Å². The maximum absolute atomic E-state index is 11.4. The third-order valence-electron chi connectivity index (χ3n) is 2.28. The van der Waals surface area contributed by atoms with Crippen LogP contribution in [0.1, 0.15) is 26.7 Å². The molecule has 0 bridgehead atoms. The smallest absolute Gasteiger partial charge is 0.246 e. The second kappa shape index (κ2) is 4.29. The molecule has 1 saturated heterocycles. The van der Waals surface area contributed by atoms with Gasteiger partial charge in [-0.2, -0.15) is 0 Å². The largest absolute Gasteiger partial charge is 0.339 e. The van der Waals surface area contributed by atoms with Crippen LogP contribution in [0.3, 0.4) is 0 Å². The fraction of sp³-hybridized carbons (Fsp3) is 0.700. The normalized spacial score (nSPS) is 24.8. The van der Waals surface area contributed by atoms with Gasteiger partial charge in [-0.15, -0.1) is 0 Å². The van der Waals surface area contributed by atoms with E-state index in [4.69, 9.17) is 0 Å². The average Bonchev–Trinajstić information content (AvgIpc) is 2.05. The van der Waals surface area contributed by atoms with Gasteiger partial charge in [0.1, 0.15) is 0 Å². The van der Waals surface area contributed by atoms with Crippen molar-refractivity contribution in [2.45, 2.75) is 26.7 Å². The van der Waals surface area contributed by atoms with Crippen molar-refractivity contribution in [2.75, 3.05) is 13.1 Å². The van der Waals surface area contributed by atoms with Gasteiger partial charge in [-0.25, -0.2) is 0 Å². The fourth-order valence-corrected chi connectivity index (χ4v) is 1.64. The first-order chi connectivity index (χ1) is 5.74. The van der Waals surface area contributed by atoms with Gasteiger partial charge in [-0.3, -0.25) is 4.79 Å². The number of carbonyl (C=O) groups is 1. The van der Waals surface area contributed by atoms with Crippen molar-refractivity contribution < 1.29 is 4.79 Å². The van der Waals surface area contributed by atoms with E-state index < -0.39 is 0 Å². The maximum Gasteiger partial charge on any atom is 0.246 e. The van der Waals surface area contributed by atoms with Gasteiger partial charge in [0, 0.05) is 13.1 Å². The Labute approximate surface area is 74.2 Å². The highest BCUT2D eigenvalue weighted by Gasteiger charge is 2.18. The number of allylic oxidation sites excluding steroid dienone is 1. The number of likely N-dealkylation sites (tertiary alicyclic amines) is 1. The van der Waals surface area contributed by atoms with Crippen LogP contribution in [0.5, 0.6) is 0 Å². The first-order valence-corrected chi connectivity index (χ1v) is 4.65. The van der Waals surface area contributed by atoms with E-state index in [1.807, 2.05) is 17.9 Å². The summed E-state index contributed by atoms with van der Waals surface area (Å²) >= 11 is 0. The van der Waals surface area contributed by atoms with E-state index in [2.05, 4.69) is 6.92 Å². The molecule has 1 heterocycles. The summed E-state index contributed by atoms with van der Waals surface area (Å²) < 4.78 is 0. The van der Waals surface area contributed by atoms with Gasteiger partial charge in [0.2, 0.25) is 5.91 Å². The summed E-state index contributed by atoms with van der Waals surface area (Å²) in [6, 6.07) is 0. The van der Waals surface area contributed by atoms with E-state index in [9.17, 15) is 4.79 Å². The monoisotopic (exact) mass is 167 g/mol. The van der Waals surface area contributed by atoms with Crippen LogP contribution in [0.25, 0.3) is 0 Å². The van der Waals surface area contributed by atoms with Crippen LogP contribution >= 0.6 is 0 Å². The average molecular weight is 167 g/mol. The number of rotatable bonds is 1. The van der Waals surface area contributed by atoms with Gasteiger partial charge in [-0.1, -0.05) is 13.0 Å². The molecule has 1 amide bonds. The minimum atomic E-state index is 0.170. The highest BCUT2D eigenvalue weighted by molar-refractivity contribution is 5.87. The minimum Gasteiger partial charge on any atom is -0.339 e. The lowest BCUT2D eigenvalue weighted by molar-refractivity contribution is -0.127. The van der Waals surface area contributed by atoms with Crippen molar-refractivity contribution in [3.8, 4) is 0 Å². The molecule has 0 aliphatic carbocycles. The lowest BCUT2D eigenvalue weighted by Gasteiger charge is -2.29. The zero-order valence-electron chi connectivity index (χ0n) is 7.92. The quantitative estimate of drug-likeness (QED) is 0.545. The Bertz CT molecular complexity index is 186. The Hall–Kier alpha value is -0.790. The number of nitrogens with zero attached hydrogens (tertiary/aromatic N) is 1. The zero-order chi connectivity index (χ0) is 8.97. The molecule has 1 rings (SSSR count). The van der Waals surface area contributed by atoms with Crippen LogP contribution in [0.2, 0.25) is 0 Å². The Kier molecular flexibility index (Phi) is 3.32. The molecule has 12 heavy (non-hydrogen) atoms. The van der Waals surface area contributed by atoms with Crippen LogP contribution in [-0.2, 0) is 4.79 Å². The van der Waals surface area contributed by atoms with E-state index >= 15 is 0 Å². The summed E-state index contributed by atoms with van der Waals surface area (Å²) in [5.74, 6) is 0.844. The van der Waals surface area contributed by atoms with E-state index in [0.717, 1.165) is 19.5 Å². The molecule has 0 unspecified atom stereocenters. The van der Waals surface area contributed by atoms with Crippen molar-refractivity contribution in [1.29, 1.82) is 0 Å². The summed E-state index contributed by atoms with van der Waals surface area (Å²) in [5, 5.41) is 0. The molecule has 68 valence electrons. The van der Waals surface area contributed by atoms with Crippen LogP contribution in [-0.4, -0.2) is 23.9 Å². The lowest BCUT2D eigenvalue weighted by Crippen LogP contribution is -2.38. The van der Waals surface area contributed by atoms with Crippen molar-refractivity contribution in [2.24, 2.45) is 5.92 Å². The number of carbonyl (C=O) groups excluding carboxylic acids is 1. The Balaban J connectivity index is 2.45. The second-order valence-electron chi connectivity index (χ2n) is 3.53. The number of amides is 1. The summed E-state index contributed by atoms with van der Waals surface area (Å²) in [6.45, 7) is 5.96. The molecule has 2 nitrogen and oxygen atoms in total. The predicted molar refractivity (Wildman–Crippen MR) is 49.8 cm³/mol. The molecule has 0 radical (unpaired) electrons. The van der Waals surface area contributed by atoms with Gasteiger partial charge >= 0.3 is 0 Å². The lowest BCUT2D eigenvalue weighted by atomic mass is 10.0. The molecule has 0 spiro atoms. The van der Waals surface area contributed by atoms with Gasteiger partial charge < -0.3 is 4.90 Å². The van der Waals surface area contributed by atoms with Crippen LogP contribution in [0.15, 0.2) is 12.2 Å². The van der Waals surface area contributed by atoms with E-state index in [-0.39, 0.29) is 5.91 Å². The summed E-state index contributed by atoms with van der Waals surface area (Å²) in [5.41, 5.74) is 0. The van der Waals surface area contributed by atoms with Gasteiger partial charge in [-0.05, 0) is 31.8 Å². The molecule has 2 heteroatoms. The number of hydrogen-bond donors (Lipinski definition) is 0. The van der Waals surface area contributed by atoms with Crippen molar-refractivity contribution in [3.05, 3.63) is 12.2 Å². The van der Waals surface area contributed by atoms with Crippen molar-refractivity contribution in [1.82, 2.24) is 4.90 Å². The first-order valence-electron chi connectivity index (χ1n) is 4.65. The third-order valence-corrected chi connectivity index (χ3v) is 2.28. The third kappa shape index (κ3) is 2.36. The second-order valence-corrected chi connectivity index (χ2v) is 3.53. The molecular formula is C10H17NO. The predicted octanol–water partition coefficient (Wildman–Crippen LogP) is 1.82. The molecule has 1 aliphatic rings. The number of hydrogen-bond acceptors (Lipinski definition) is 1. The molecule has 1 fully saturated rings. The highest BCUT2D eigenvalue weighted by atomic mass is 16.2. The molecule has 1 atom stereocenters. The molecule has 1 aliphatic heterocycles. The topological polar surface area (TPSA) is 20.3 Å². The molecule has 0 N–H and O–H groups in total. The van der Waals surface area contributed by atoms with Crippen LogP contribution in [0, 0.1) is 5.92 Å². The molecule has 0 aromatic heterocycles. The van der Waals surface area contributed by atoms with Gasteiger partial charge in [0.25, 0.3) is 0 Å². The van der Waals surface area contributed by atoms with E-state index in [0.29, 0.717) is 5.92 Å². The minimum absolute atomic E-state index is 0.170. The van der Waals surface area contributed by atoms with E-state index in [1.54, 1.807) is 6.08 Å². The van der Waals surface area contributed by atoms with E-state index in [1.165, 1.54) is 6.42 Å².